The molecule has 0 aliphatic heterocycles. The fraction of sp³-hybridized carbons (Fsp3) is 0.773. The molecular weight excluding hydrogens is 312 g/mol. The third kappa shape index (κ3) is 4.19. The zero-order valence-corrected chi connectivity index (χ0v) is 16.9. The molecule has 2 aliphatic rings. The Morgan fingerprint density at radius 3 is 2.52 bits per heavy atom. The molecule has 0 radical (unpaired) electrons. The average Bonchev–Trinajstić information content (AvgIpc) is 2.44. The van der Waals surface area contributed by atoms with Crippen LogP contribution < -0.4 is 0 Å². The Morgan fingerprint density at radius 1 is 1.20 bits per heavy atom. The van der Waals surface area contributed by atoms with E-state index in [-0.39, 0.29) is 17.3 Å². The number of hydrogen-bond donors (Lipinski definition) is 1. The van der Waals surface area contributed by atoms with Gasteiger partial charge in [-0.1, -0.05) is 39.3 Å². The standard InChI is InChI=1S/C22H36O3/c1-7-25-19(23)15-16(2)9-10-18-21(5)13-8-12-20(3,4)17(21)11-14-22(18,6)24/h9-10,15,17-18,24H,7-8,11-14H2,1-6H3/b10-9+,16-15-/t17-,18+,21-,22+/m0/s1. The van der Waals surface area contributed by atoms with E-state index in [1.165, 1.54) is 18.9 Å². The fourth-order valence-corrected chi connectivity index (χ4v) is 5.65. The minimum absolute atomic E-state index is 0.101. The summed E-state index contributed by atoms with van der Waals surface area (Å²) in [6.45, 7) is 13.2. The lowest BCUT2D eigenvalue weighted by molar-refractivity contribution is -0.149. The summed E-state index contributed by atoms with van der Waals surface area (Å²) in [5, 5.41) is 11.1. The molecule has 25 heavy (non-hydrogen) atoms. The number of aliphatic hydroxyl groups is 1. The van der Waals surface area contributed by atoms with E-state index in [2.05, 4.69) is 26.8 Å². The van der Waals surface area contributed by atoms with Crippen molar-refractivity contribution in [3.8, 4) is 0 Å². The van der Waals surface area contributed by atoms with Crippen LogP contribution in [0.5, 0.6) is 0 Å². The highest BCUT2D eigenvalue weighted by Crippen LogP contribution is 2.62. The van der Waals surface area contributed by atoms with Gasteiger partial charge in [0.25, 0.3) is 0 Å². The van der Waals surface area contributed by atoms with Crippen LogP contribution >= 0.6 is 0 Å². The second kappa shape index (κ2) is 7.26. The van der Waals surface area contributed by atoms with E-state index in [9.17, 15) is 9.90 Å². The predicted octanol–water partition coefficient (Wildman–Crippen LogP) is 5.05. The van der Waals surface area contributed by atoms with Gasteiger partial charge in [-0.15, -0.1) is 0 Å². The molecule has 3 nitrogen and oxygen atoms in total. The van der Waals surface area contributed by atoms with Gasteiger partial charge in [0.1, 0.15) is 0 Å². The number of rotatable bonds is 4. The van der Waals surface area contributed by atoms with Crippen molar-refractivity contribution in [3.63, 3.8) is 0 Å². The lowest BCUT2D eigenvalue weighted by Crippen LogP contribution is -2.56. The van der Waals surface area contributed by atoms with Gasteiger partial charge in [-0.05, 0) is 68.8 Å². The van der Waals surface area contributed by atoms with Gasteiger partial charge in [0.15, 0.2) is 0 Å². The Balaban J connectivity index is 2.29. The molecule has 4 atom stereocenters. The van der Waals surface area contributed by atoms with E-state index >= 15 is 0 Å². The number of ether oxygens (including phenoxy) is 1. The number of carbonyl (C=O) groups is 1. The van der Waals surface area contributed by atoms with Gasteiger partial charge < -0.3 is 9.84 Å². The summed E-state index contributed by atoms with van der Waals surface area (Å²) in [4.78, 5) is 11.6. The van der Waals surface area contributed by atoms with Crippen LogP contribution in [0, 0.1) is 22.7 Å². The van der Waals surface area contributed by atoms with Crippen LogP contribution in [0.3, 0.4) is 0 Å². The highest BCUT2D eigenvalue weighted by Gasteiger charge is 2.57. The van der Waals surface area contributed by atoms with Gasteiger partial charge in [-0.25, -0.2) is 4.79 Å². The molecule has 0 amide bonds. The quantitative estimate of drug-likeness (QED) is 0.439. The maximum Gasteiger partial charge on any atom is 0.330 e. The van der Waals surface area contributed by atoms with Crippen LogP contribution in [0.4, 0.5) is 0 Å². The van der Waals surface area contributed by atoms with Gasteiger partial charge in [0.05, 0.1) is 12.2 Å². The molecule has 3 heteroatoms. The van der Waals surface area contributed by atoms with Gasteiger partial charge in [-0.2, -0.15) is 0 Å². The van der Waals surface area contributed by atoms with Crippen LogP contribution in [0.15, 0.2) is 23.8 Å². The normalized spacial score (nSPS) is 38.4. The predicted molar refractivity (Wildman–Crippen MR) is 102 cm³/mol. The molecule has 0 aromatic rings. The maximum absolute atomic E-state index is 11.6. The van der Waals surface area contributed by atoms with Crippen molar-refractivity contribution < 1.29 is 14.6 Å². The van der Waals surface area contributed by atoms with Crippen molar-refractivity contribution in [3.05, 3.63) is 23.8 Å². The van der Waals surface area contributed by atoms with Crippen molar-refractivity contribution in [2.24, 2.45) is 22.7 Å². The maximum atomic E-state index is 11.6. The first-order chi connectivity index (χ1) is 11.5. The summed E-state index contributed by atoms with van der Waals surface area (Å²) < 4.78 is 4.98. The van der Waals surface area contributed by atoms with Crippen molar-refractivity contribution in [2.75, 3.05) is 6.61 Å². The van der Waals surface area contributed by atoms with E-state index in [1.54, 1.807) is 0 Å². The molecule has 2 fully saturated rings. The topological polar surface area (TPSA) is 46.5 Å². The number of fused-ring (bicyclic) bond motifs is 1. The summed E-state index contributed by atoms with van der Waals surface area (Å²) in [5.41, 5.74) is 0.602. The highest BCUT2D eigenvalue weighted by molar-refractivity contribution is 5.83. The molecule has 2 aliphatic carbocycles. The average molecular weight is 349 g/mol. The smallest absolute Gasteiger partial charge is 0.330 e. The first-order valence-electron chi connectivity index (χ1n) is 9.78. The number of esters is 1. The molecular formula is C22H36O3. The third-order valence-electron chi connectivity index (χ3n) is 6.78. The molecule has 0 aromatic heterocycles. The minimum atomic E-state index is -0.695. The van der Waals surface area contributed by atoms with E-state index in [1.807, 2.05) is 26.8 Å². The Bertz CT molecular complexity index is 556. The summed E-state index contributed by atoms with van der Waals surface area (Å²) in [6, 6.07) is 0. The summed E-state index contributed by atoms with van der Waals surface area (Å²) >= 11 is 0. The Hall–Kier alpha value is -1.09. The molecule has 1 N–H and O–H groups in total. The van der Waals surface area contributed by atoms with E-state index < -0.39 is 5.60 Å². The number of carbonyl (C=O) groups excluding carboxylic acids is 1. The van der Waals surface area contributed by atoms with Gasteiger partial charge in [0, 0.05) is 12.0 Å². The Kier molecular flexibility index (Phi) is 5.88. The lowest BCUT2D eigenvalue weighted by atomic mass is 9.45. The molecule has 2 rings (SSSR count). The summed E-state index contributed by atoms with van der Waals surface area (Å²) in [6.07, 6.45) is 11.3. The van der Waals surface area contributed by atoms with Gasteiger partial charge >= 0.3 is 5.97 Å². The molecule has 0 heterocycles. The second-order valence-electron chi connectivity index (χ2n) is 9.27. The number of hydrogen-bond acceptors (Lipinski definition) is 3. The first kappa shape index (κ1) is 20.2. The monoisotopic (exact) mass is 348 g/mol. The fourth-order valence-electron chi connectivity index (χ4n) is 5.65. The van der Waals surface area contributed by atoms with Crippen LogP contribution in [0.25, 0.3) is 0 Å². The molecule has 0 spiro atoms. The Labute approximate surface area is 153 Å². The van der Waals surface area contributed by atoms with Crippen molar-refractivity contribution in [1.82, 2.24) is 0 Å². The van der Waals surface area contributed by atoms with Crippen LogP contribution in [0.2, 0.25) is 0 Å². The minimum Gasteiger partial charge on any atom is -0.463 e. The summed E-state index contributed by atoms with van der Waals surface area (Å²) in [5.74, 6) is 0.421. The van der Waals surface area contributed by atoms with Gasteiger partial charge in [0.2, 0.25) is 0 Å². The molecule has 0 unspecified atom stereocenters. The van der Waals surface area contributed by atoms with E-state index in [0.717, 1.165) is 24.8 Å². The third-order valence-corrected chi connectivity index (χ3v) is 6.78. The van der Waals surface area contributed by atoms with Crippen molar-refractivity contribution in [1.29, 1.82) is 0 Å². The SMILES string of the molecule is CCOC(=O)/C=C(C)\C=C\[C@@H]1[C@@]2(C)CCCC(C)(C)[C@@H]2CC[C@@]1(C)O. The Morgan fingerprint density at radius 2 is 1.88 bits per heavy atom. The number of allylic oxidation sites excluding steroid dienone is 2. The van der Waals surface area contributed by atoms with Gasteiger partial charge in [-0.3, -0.25) is 0 Å². The molecule has 2 saturated carbocycles. The summed E-state index contributed by atoms with van der Waals surface area (Å²) in [7, 11) is 0. The lowest BCUT2D eigenvalue weighted by Gasteiger charge is -2.60. The highest BCUT2D eigenvalue weighted by atomic mass is 16.5. The first-order valence-corrected chi connectivity index (χ1v) is 9.78. The molecule has 0 bridgehead atoms. The van der Waals surface area contributed by atoms with Crippen LogP contribution in [0.1, 0.15) is 73.6 Å². The molecule has 0 saturated heterocycles. The van der Waals surface area contributed by atoms with Crippen molar-refractivity contribution >= 4 is 5.97 Å². The zero-order chi connectivity index (χ0) is 18.9. The largest absolute Gasteiger partial charge is 0.463 e. The van der Waals surface area contributed by atoms with Crippen molar-refractivity contribution in [2.45, 2.75) is 79.2 Å². The van der Waals surface area contributed by atoms with Crippen LogP contribution in [-0.2, 0) is 9.53 Å². The zero-order valence-electron chi connectivity index (χ0n) is 16.9. The van der Waals surface area contributed by atoms with E-state index in [4.69, 9.17) is 4.74 Å². The molecule has 142 valence electrons. The van der Waals surface area contributed by atoms with Crippen LogP contribution in [-0.4, -0.2) is 23.3 Å². The second-order valence-corrected chi connectivity index (χ2v) is 9.27. The molecule has 0 aromatic carbocycles. The van der Waals surface area contributed by atoms with E-state index in [0.29, 0.717) is 17.9 Å².